The van der Waals surface area contributed by atoms with Gasteiger partial charge in [0.2, 0.25) is 0 Å². The molecule has 0 aromatic rings. The van der Waals surface area contributed by atoms with Crippen LogP contribution in [0, 0.1) is 5.92 Å². The van der Waals surface area contributed by atoms with Crippen LogP contribution < -0.4 is 0 Å². The lowest BCUT2D eigenvalue weighted by atomic mass is 10.1. The van der Waals surface area contributed by atoms with Crippen molar-refractivity contribution >= 4 is 5.97 Å². The van der Waals surface area contributed by atoms with Crippen LogP contribution in [-0.4, -0.2) is 37.1 Å². The molecule has 1 fully saturated rings. The van der Waals surface area contributed by atoms with Crippen molar-refractivity contribution in [2.75, 3.05) is 20.2 Å². The van der Waals surface area contributed by atoms with E-state index >= 15 is 0 Å². The summed E-state index contributed by atoms with van der Waals surface area (Å²) in [5.74, 6) is 0.482. The van der Waals surface area contributed by atoms with Crippen LogP contribution in [-0.2, 0) is 9.53 Å². The van der Waals surface area contributed by atoms with Crippen LogP contribution in [0.3, 0.4) is 0 Å². The molecule has 1 aliphatic rings. The summed E-state index contributed by atoms with van der Waals surface area (Å²) in [6.45, 7) is 8.50. The van der Waals surface area contributed by atoms with E-state index in [2.05, 4.69) is 24.8 Å². The molecule has 110 valence electrons. The number of hydrogen-bond acceptors (Lipinski definition) is 3. The molecule has 0 unspecified atom stereocenters. The van der Waals surface area contributed by atoms with E-state index in [4.69, 9.17) is 4.74 Å². The lowest BCUT2D eigenvalue weighted by molar-refractivity contribution is -0.136. The fourth-order valence-electron chi connectivity index (χ4n) is 2.84. The number of nitrogens with zero attached hydrogens (tertiary/aromatic N) is 1. The van der Waals surface area contributed by atoms with E-state index in [1.54, 1.807) is 0 Å². The maximum Gasteiger partial charge on any atom is 0.333 e. The Balaban J connectivity index is 2.64. The summed E-state index contributed by atoms with van der Waals surface area (Å²) in [5, 5.41) is 0. The Kier molecular flexibility index (Phi) is 7.14. The van der Waals surface area contributed by atoms with Crippen molar-refractivity contribution in [3.63, 3.8) is 0 Å². The molecule has 0 saturated heterocycles. The molecule has 0 amide bonds. The molecular formula is C16H29NO2. The van der Waals surface area contributed by atoms with Crippen molar-refractivity contribution in [2.45, 2.75) is 58.9 Å². The Hall–Kier alpha value is -0.830. The summed E-state index contributed by atoms with van der Waals surface area (Å²) in [6, 6.07) is 0.703. The maximum atomic E-state index is 11.6. The van der Waals surface area contributed by atoms with E-state index in [0.717, 1.165) is 25.1 Å². The molecule has 3 heteroatoms. The molecule has 0 heterocycles. The first kappa shape index (κ1) is 16.2. The van der Waals surface area contributed by atoms with Crippen LogP contribution in [0.2, 0.25) is 0 Å². The van der Waals surface area contributed by atoms with Crippen molar-refractivity contribution in [1.82, 2.24) is 4.90 Å². The van der Waals surface area contributed by atoms with Crippen LogP contribution in [0.25, 0.3) is 0 Å². The minimum atomic E-state index is -0.182. The zero-order valence-electron chi connectivity index (χ0n) is 12.9. The van der Waals surface area contributed by atoms with Crippen LogP contribution in [0.5, 0.6) is 0 Å². The standard InChI is InChI=1S/C16H29NO2/c1-5-14(16(18)19-4)10-11-17(12-13(2)3)15-8-6-7-9-15/h10,13,15H,5-9,11-12H2,1-4H3. The van der Waals surface area contributed by atoms with Gasteiger partial charge < -0.3 is 4.74 Å². The fourth-order valence-corrected chi connectivity index (χ4v) is 2.84. The van der Waals surface area contributed by atoms with Crippen LogP contribution in [0.1, 0.15) is 52.9 Å². The van der Waals surface area contributed by atoms with Gasteiger partial charge in [-0.05, 0) is 25.2 Å². The van der Waals surface area contributed by atoms with Crippen molar-refractivity contribution in [2.24, 2.45) is 5.92 Å². The molecule has 0 atom stereocenters. The largest absolute Gasteiger partial charge is 0.466 e. The first-order valence-electron chi connectivity index (χ1n) is 7.59. The summed E-state index contributed by atoms with van der Waals surface area (Å²) in [7, 11) is 1.45. The molecule has 19 heavy (non-hydrogen) atoms. The normalized spacial score (nSPS) is 17.5. The van der Waals surface area contributed by atoms with Gasteiger partial charge in [-0.2, -0.15) is 0 Å². The fraction of sp³-hybridized carbons (Fsp3) is 0.812. The minimum Gasteiger partial charge on any atom is -0.466 e. The van der Waals surface area contributed by atoms with Crippen molar-refractivity contribution in [3.05, 3.63) is 11.6 Å². The first-order chi connectivity index (χ1) is 9.08. The Morgan fingerprint density at radius 3 is 2.47 bits per heavy atom. The summed E-state index contributed by atoms with van der Waals surface area (Å²) in [4.78, 5) is 14.1. The Labute approximate surface area is 118 Å². The van der Waals surface area contributed by atoms with Gasteiger partial charge in [-0.3, -0.25) is 4.90 Å². The highest BCUT2D eigenvalue weighted by Gasteiger charge is 2.22. The molecule has 0 spiro atoms. The molecule has 1 saturated carbocycles. The molecule has 0 aliphatic heterocycles. The van der Waals surface area contributed by atoms with Gasteiger partial charge in [0.15, 0.2) is 0 Å². The molecule has 0 aromatic carbocycles. The molecule has 3 nitrogen and oxygen atoms in total. The first-order valence-corrected chi connectivity index (χ1v) is 7.59. The second-order valence-electron chi connectivity index (χ2n) is 5.86. The third-order valence-electron chi connectivity index (χ3n) is 3.84. The van der Waals surface area contributed by atoms with E-state index in [1.807, 2.05) is 6.92 Å². The predicted molar refractivity (Wildman–Crippen MR) is 79.1 cm³/mol. The topological polar surface area (TPSA) is 29.5 Å². The molecule has 1 rings (SSSR count). The molecule has 0 radical (unpaired) electrons. The van der Waals surface area contributed by atoms with E-state index in [0.29, 0.717) is 12.0 Å². The SMILES string of the molecule is CCC(=CCN(CC(C)C)C1CCCC1)C(=O)OC. The van der Waals surface area contributed by atoms with Gasteiger partial charge in [0.05, 0.1) is 7.11 Å². The lowest BCUT2D eigenvalue weighted by Crippen LogP contribution is -2.36. The van der Waals surface area contributed by atoms with Crippen LogP contribution in [0.15, 0.2) is 11.6 Å². The number of methoxy groups -OCH3 is 1. The van der Waals surface area contributed by atoms with Crippen molar-refractivity contribution in [3.8, 4) is 0 Å². The second kappa shape index (κ2) is 8.36. The Bertz CT molecular complexity index is 304. The highest BCUT2D eigenvalue weighted by molar-refractivity contribution is 5.88. The van der Waals surface area contributed by atoms with Gasteiger partial charge in [-0.1, -0.05) is 39.7 Å². The smallest absolute Gasteiger partial charge is 0.333 e. The number of rotatable bonds is 7. The van der Waals surface area contributed by atoms with Gasteiger partial charge in [-0.15, -0.1) is 0 Å². The van der Waals surface area contributed by atoms with Gasteiger partial charge in [-0.25, -0.2) is 4.79 Å². The van der Waals surface area contributed by atoms with E-state index < -0.39 is 0 Å². The summed E-state index contributed by atoms with van der Waals surface area (Å²) in [5.41, 5.74) is 0.800. The molecule has 0 bridgehead atoms. The zero-order valence-corrected chi connectivity index (χ0v) is 12.9. The summed E-state index contributed by atoms with van der Waals surface area (Å²) in [6.07, 6.45) is 8.11. The number of carbonyl (C=O) groups is 1. The highest BCUT2D eigenvalue weighted by atomic mass is 16.5. The zero-order chi connectivity index (χ0) is 14.3. The Morgan fingerprint density at radius 2 is 2.00 bits per heavy atom. The van der Waals surface area contributed by atoms with Gasteiger partial charge in [0.25, 0.3) is 0 Å². The van der Waals surface area contributed by atoms with Gasteiger partial charge in [0, 0.05) is 24.7 Å². The van der Waals surface area contributed by atoms with Crippen LogP contribution >= 0.6 is 0 Å². The third kappa shape index (κ3) is 5.35. The Morgan fingerprint density at radius 1 is 1.37 bits per heavy atom. The molecule has 0 N–H and O–H groups in total. The monoisotopic (exact) mass is 267 g/mol. The maximum absolute atomic E-state index is 11.6. The molecule has 0 aromatic heterocycles. The van der Waals surface area contributed by atoms with Crippen molar-refractivity contribution in [1.29, 1.82) is 0 Å². The summed E-state index contributed by atoms with van der Waals surface area (Å²) < 4.78 is 4.82. The molecule has 1 aliphatic carbocycles. The number of hydrogen-bond donors (Lipinski definition) is 0. The third-order valence-corrected chi connectivity index (χ3v) is 3.84. The molecular weight excluding hydrogens is 238 g/mol. The van der Waals surface area contributed by atoms with E-state index in [1.165, 1.54) is 32.8 Å². The van der Waals surface area contributed by atoms with Crippen molar-refractivity contribution < 1.29 is 9.53 Å². The average Bonchev–Trinajstić information content (AvgIpc) is 2.91. The number of esters is 1. The van der Waals surface area contributed by atoms with E-state index in [-0.39, 0.29) is 5.97 Å². The van der Waals surface area contributed by atoms with E-state index in [9.17, 15) is 4.79 Å². The quantitative estimate of drug-likeness (QED) is 0.523. The predicted octanol–water partition coefficient (Wildman–Crippen LogP) is 3.40. The average molecular weight is 267 g/mol. The summed E-state index contributed by atoms with van der Waals surface area (Å²) >= 11 is 0. The number of carbonyl (C=O) groups excluding carboxylic acids is 1. The van der Waals surface area contributed by atoms with Gasteiger partial charge in [0.1, 0.15) is 0 Å². The van der Waals surface area contributed by atoms with Crippen LogP contribution in [0.4, 0.5) is 0 Å². The number of ether oxygens (including phenoxy) is 1. The highest BCUT2D eigenvalue weighted by Crippen LogP contribution is 2.24. The minimum absolute atomic E-state index is 0.182. The lowest BCUT2D eigenvalue weighted by Gasteiger charge is -2.29. The second-order valence-corrected chi connectivity index (χ2v) is 5.86. The van der Waals surface area contributed by atoms with Gasteiger partial charge >= 0.3 is 5.97 Å².